The first kappa shape index (κ1) is 27.9. The first-order valence-electron chi connectivity index (χ1n) is 13.1. The Bertz CT molecular complexity index is 1660. The Balaban J connectivity index is 1.45. The lowest BCUT2D eigenvalue weighted by Gasteiger charge is -2.16. The molecule has 1 atom stereocenters. The smallest absolute Gasteiger partial charge is 0.416 e. The minimum Gasteiger partial charge on any atom is -0.494 e. The number of hydrazone groups is 1. The average Bonchev–Trinajstić information content (AvgIpc) is 3.42. The van der Waals surface area contributed by atoms with Crippen LogP contribution in [0.25, 0.3) is 16.6 Å². The van der Waals surface area contributed by atoms with Gasteiger partial charge in [0.15, 0.2) is 0 Å². The number of hydrogen-bond donors (Lipinski definition) is 2. The van der Waals surface area contributed by atoms with E-state index in [1.54, 1.807) is 24.0 Å². The van der Waals surface area contributed by atoms with Crippen LogP contribution in [0, 0.1) is 19.8 Å². The van der Waals surface area contributed by atoms with Gasteiger partial charge in [0.1, 0.15) is 0 Å². The molecule has 2 heterocycles. The van der Waals surface area contributed by atoms with E-state index in [1.807, 2.05) is 50.2 Å². The lowest BCUT2D eigenvalue weighted by molar-refractivity contribution is -0.137. The first-order valence-corrected chi connectivity index (χ1v) is 13.1. The topological polar surface area (TPSA) is 86.9 Å². The van der Waals surface area contributed by atoms with E-state index in [0.717, 1.165) is 28.8 Å². The molecule has 1 saturated heterocycles. The van der Waals surface area contributed by atoms with Crippen molar-refractivity contribution < 1.29 is 27.9 Å². The summed E-state index contributed by atoms with van der Waals surface area (Å²) in [7, 11) is 0. The number of aromatic hydroxyl groups is 1. The third-order valence-electron chi connectivity index (χ3n) is 7.23. The zero-order valence-electron chi connectivity index (χ0n) is 22.8. The highest BCUT2D eigenvalue weighted by Crippen LogP contribution is 2.39. The molecule has 1 aliphatic rings. The van der Waals surface area contributed by atoms with Gasteiger partial charge in [-0.1, -0.05) is 42.5 Å². The maximum absolute atomic E-state index is 13.6. The summed E-state index contributed by atoms with van der Waals surface area (Å²) < 4.78 is 42.2. The van der Waals surface area contributed by atoms with Crippen LogP contribution in [0.3, 0.4) is 0 Å². The molecular formula is C31H29F3N4O3. The Kier molecular flexibility index (Phi) is 7.33. The monoisotopic (exact) mass is 562 g/mol. The van der Waals surface area contributed by atoms with Gasteiger partial charge >= 0.3 is 6.18 Å². The number of hydrogen-bond acceptors (Lipinski definition) is 4. The number of aromatic nitrogens is 1. The Hall–Kier alpha value is -4.60. The molecule has 0 spiro atoms. The van der Waals surface area contributed by atoms with Crippen LogP contribution in [0.15, 0.2) is 71.8 Å². The summed E-state index contributed by atoms with van der Waals surface area (Å²) in [5.41, 5.74) is 5.39. The van der Waals surface area contributed by atoms with Gasteiger partial charge in [-0.05, 0) is 61.7 Å². The Morgan fingerprint density at radius 2 is 1.73 bits per heavy atom. The minimum absolute atomic E-state index is 0.0463. The zero-order valence-corrected chi connectivity index (χ0v) is 22.8. The number of carbonyl (C=O) groups excluding carboxylic acids is 2. The molecule has 10 heteroatoms. The Morgan fingerprint density at radius 3 is 2.39 bits per heavy atom. The van der Waals surface area contributed by atoms with E-state index in [1.165, 1.54) is 10.6 Å². The van der Waals surface area contributed by atoms with Crippen LogP contribution >= 0.6 is 0 Å². The fourth-order valence-electron chi connectivity index (χ4n) is 5.34. The maximum atomic E-state index is 13.6. The first-order chi connectivity index (χ1) is 19.4. The average molecular weight is 563 g/mol. The molecule has 0 saturated carbocycles. The van der Waals surface area contributed by atoms with Crippen molar-refractivity contribution in [1.29, 1.82) is 0 Å². The molecule has 0 radical (unpaired) electrons. The molecule has 4 aromatic rings. The van der Waals surface area contributed by atoms with E-state index in [-0.39, 0.29) is 41.5 Å². The Morgan fingerprint density at radius 1 is 1.05 bits per heavy atom. The normalized spacial score (nSPS) is 16.0. The van der Waals surface area contributed by atoms with E-state index in [4.69, 9.17) is 0 Å². The van der Waals surface area contributed by atoms with E-state index in [0.29, 0.717) is 17.6 Å². The molecule has 0 aliphatic carbocycles. The number of amides is 2. The van der Waals surface area contributed by atoms with Crippen molar-refractivity contribution in [3.63, 3.8) is 0 Å². The molecule has 2 amide bonds. The molecule has 1 aliphatic heterocycles. The number of likely N-dealkylation sites (tertiary alicyclic amines) is 1. The third-order valence-corrected chi connectivity index (χ3v) is 7.23. The summed E-state index contributed by atoms with van der Waals surface area (Å²) in [6.07, 6.45) is -4.53. The SMILES string of the molecule is C/C(=N/NC(=O)C1CC(=O)N(Cc2ccccc2)C1)c1c(O)n(-c2cc(C)cc(C)c2)c2cc(C(F)(F)F)ccc12. The quantitative estimate of drug-likeness (QED) is 0.228. The molecule has 1 aromatic heterocycles. The highest BCUT2D eigenvalue weighted by molar-refractivity contribution is 6.13. The van der Waals surface area contributed by atoms with Crippen LogP contribution in [0.1, 0.15) is 41.2 Å². The second kappa shape index (κ2) is 10.8. The highest BCUT2D eigenvalue weighted by atomic mass is 19.4. The van der Waals surface area contributed by atoms with Crippen molar-refractivity contribution in [2.75, 3.05) is 6.54 Å². The van der Waals surface area contributed by atoms with Crippen molar-refractivity contribution in [3.05, 3.63) is 94.5 Å². The van der Waals surface area contributed by atoms with Crippen molar-refractivity contribution in [2.45, 2.75) is 39.9 Å². The summed E-state index contributed by atoms with van der Waals surface area (Å²) >= 11 is 0. The van der Waals surface area contributed by atoms with Crippen molar-refractivity contribution in [1.82, 2.24) is 14.9 Å². The van der Waals surface area contributed by atoms with Gasteiger partial charge in [0.05, 0.1) is 28.3 Å². The standard InChI is InChI=1S/C31H29F3N4O3/c1-18-11-19(2)13-24(12-18)38-26-15-23(31(32,33)34)9-10-25(26)28(30(38)41)20(3)35-36-29(40)22-14-27(39)37(17-22)16-21-7-5-4-6-8-21/h4-13,15,22,41H,14,16-17H2,1-3H3,(H,36,40)/b35-20-. The van der Waals surface area contributed by atoms with Crippen LogP contribution in [-0.2, 0) is 22.3 Å². The molecule has 1 unspecified atom stereocenters. The molecular weight excluding hydrogens is 533 g/mol. The molecule has 1 fully saturated rings. The van der Waals surface area contributed by atoms with Crippen LogP contribution in [0.4, 0.5) is 13.2 Å². The van der Waals surface area contributed by atoms with E-state index < -0.39 is 23.6 Å². The molecule has 2 N–H and O–H groups in total. The largest absolute Gasteiger partial charge is 0.494 e. The fraction of sp³-hybridized carbons (Fsp3) is 0.258. The molecule has 3 aromatic carbocycles. The van der Waals surface area contributed by atoms with Gasteiger partial charge in [-0.15, -0.1) is 0 Å². The van der Waals surface area contributed by atoms with Gasteiger partial charge in [-0.2, -0.15) is 18.3 Å². The molecule has 5 rings (SSSR count). The summed E-state index contributed by atoms with van der Waals surface area (Å²) in [6.45, 7) is 5.92. The fourth-order valence-corrected chi connectivity index (χ4v) is 5.34. The van der Waals surface area contributed by atoms with Crippen molar-refractivity contribution in [2.24, 2.45) is 11.0 Å². The van der Waals surface area contributed by atoms with Gasteiger partial charge < -0.3 is 10.0 Å². The van der Waals surface area contributed by atoms with Crippen LogP contribution in [0.5, 0.6) is 5.88 Å². The van der Waals surface area contributed by atoms with Gasteiger partial charge in [0.2, 0.25) is 17.7 Å². The summed E-state index contributed by atoms with van der Waals surface area (Å²) in [4.78, 5) is 27.1. The number of fused-ring (bicyclic) bond motifs is 1. The van der Waals surface area contributed by atoms with E-state index >= 15 is 0 Å². The summed E-state index contributed by atoms with van der Waals surface area (Å²) in [6, 6.07) is 18.2. The van der Waals surface area contributed by atoms with Crippen molar-refractivity contribution >= 4 is 28.4 Å². The number of alkyl halides is 3. The number of halogens is 3. The number of nitrogens with one attached hydrogen (secondary N) is 1. The highest BCUT2D eigenvalue weighted by Gasteiger charge is 2.35. The number of carbonyl (C=O) groups is 2. The number of benzene rings is 3. The third kappa shape index (κ3) is 5.68. The lowest BCUT2D eigenvalue weighted by atomic mass is 10.1. The van der Waals surface area contributed by atoms with E-state index in [2.05, 4.69) is 10.5 Å². The second-order valence-corrected chi connectivity index (χ2v) is 10.4. The van der Waals surface area contributed by atoms with Gasteiger partial charge in [-0.25, -0.2) is 5.43 Å². The van der Waals surface area contributed by atoms with Gasteiger partial charge in [0.25, 0.3) is 0 Å². The summed E-state index contributed by atoms with van der Waals surface area (Å²) in [5, 5.41) is 15.9. The lowest BCUT2D eigenvalue weighted by Crippen LogP contribution is -2.30. The predicted molar refractivity (Wildman–Crippen MR) is 150 cm³/mol. The zero-order chi connectivity index (χ0) is 29.5. The van der Waals surface area contributed by atoms with Crippen molar-refractivity contribution in [3.8, 4) is 11.6 Å². The van der Waals surface area contributed by atoms with Crippen LogP contribution < -0.4 is 5.43 Å². The molecule has 7 nitrogen and oxygen atoms in total. The molecule has 212 valence electrons. The summed E-state index contributed by atoms with van der Waals surface area (Å²) in [5.74, 6) is -1.50. The van der Waals surface area contributed by atoms with Crippen LogP contribution in [-0.4, -0.2) is 38.6 Å². The second-order valence-electron chi connectivity index (χ2n) is 10.4. The minimum atomic E-state index is -4.58. The molecule has 0 bridgehead atoms. The van der Waals surface area contributed by atoms with E-state index in [9.17, 15) is 27.9 Å². The predicted octanol–water partition coefficient (Wildman–Crippen LogP) is 5.86. The number of aryl methyl sites for hydroxylation is 2. The van der Waals surface area contributed by atoms with Gasteiger partial charge in [0, 0.05) is 30.6 Å². The Labute approximate surface area is 234 Å². The van der Waals surface area contributed by atoms with Crippen LogP contribution in [0.2, 0.25) is 0 Å². The van der Waals surface area contributed by atoms with Gasteiger partial charge in [-0.3, -0.25) is 14.2 Å². The number of nitrogens with zero attached hydrogens (tertiary/aromatic N) is 3. The maximum Gasteiger partial charge on any atom is 0.416 e. The number of rotatable bonds is 6. The molecule has 41 heavy (non-hydrogen) atoms.